The molecule has 7 nitrogen and oxygen atoms in total. The molecule has 4 aromatic rings. The minimum atomic E-state index is -0.779. The highest BCUT2D eigenvalue weighted by molar-refractivity contribution is 6.36. The van der Waals surface area contributed by atoms with Crippen LogP contribution in [-0.4, -0.2) is 31.3 Å². The fourth-order valence-corrected chi connectivity index (χ4v) is 3.95. The van der Waals surface area contributed by atoms with Gasteiger partial charge in [0.25, 0.3) is 5.91 Å². The van der Waals surface area contributed by atoms with Gasteiger partial charge in [-0.1, -0.05) is 59.6 Å². The molecule has 0 radical (unpaired) electrons. The van der Waals surface area contributed by atoms with Crippen LogP contribution < -0.4 is 19.6 Å². The summed E-state index contributed by atoms with van der Waals surface area (Å²) in [5, 5.41) is 6.52. The summed E-state index contributed by atoms with van der Waals surface area (Å²) < 4.78 is 16.6. The third-order valence-corrected chi connectivity index (χ3v) is 5.90. The Morgan fingerprint density at radius 3 is 2.49 bits per heavy atom. The number of hydrogen-bond donors (Lipinski definition) is 1. The van der Waals surface area contributed by atoms with Crippen LogP contribution in [0.25, 0.3) is 10.8 Å². The number of amides is 1. The first kappa shape index (κ1) is 26.0. The van der Waals surface area contributed by atoms with E-state index in [0.29, 0.717) is 22.1 Å². The van der Waals surface area contributed by atoms with Crippen molar-refractivity contribution < 1.29 is 23.8 Å². The average Bonchev–Trinajstić information content (AvgIpc) is 2.89. The predicted molar refractivity (Wildman–Crippen MR) is 144 cm³/mol. The number of ether oxygens (including phenoxy) is 3. The predicted octanol–water partition coefficient (Wildman–Crippen LogP) is 6.29. The van der Waals surface area contributed by atoms with Gasteiger partial charge < -0.3 is 14.2 Å². The van der Waals surface area contributed by atoms with Gasteiger partial charge in [0.15, 0.2) is 17.6 Å². The highest BCUT2D eigenvalue weighted by Crippen LogP contribution is 2.30. The average molecular weight is 537 g/mol. The standard InChI is InChI=1S/C28H22Cl2N2O5/c1-17(36-24-9-5-7-19-6-3-4-8-21(19)24)27(33)32-31-16-18-10-13-25(26(14-18)35-2)37-28(34)22-12-11-20(29)15-23(22)30/h3-17H,1-2H3,(H,32,33). The van der Waals surface area contributed by atoms with Crippen molar-refractivity contribution in [2.24, 2.45) is 5.10 Å². The number of rotatable bonds is 8. The lowest BCUT2D eigenvalue weighted by Crippen LogP contribution is -2.33. The number of esters is 1. The molecule has 1 N–H and O–H groups in total. The molecule has 0 saturated heterocycles. The molecular formula is C28H22Cl2N2O5. The van der Waals surface area contributed by atoms with Crippen LogP contribution in [0.15, 0.2) is 84.0 Å². The van der Waals surface area contributed by atoms with Crippen LogP contribution in [-0.2, 0) is 4.79 Å². The van der Waals surface area contributed by atoms with Gasteiger partial charge in [-0.25, -0.2) is 10.2 Å². The molecule has 0 fully saturated rings. The van der Waals surface area contributed by atoms with Gasteiger partial charge in [-0.3, -0.25) is 4.79 Å². The summed E-state index contributed by atoms with van der Waals surface area (Å²) in [5.41, 5.74) is 3.24. The summed E-state index contributed by atoms with van der Waals surface area (Å²) in [6.45, 7) is 1.64. The molecule has 0 bridgehead atoms. The van der Waals surface area contributed by atoms with E-state index in [0.717, 1.165) is 10.8 Å². The molecule has 0 aliphatic heterocycles. The number of halogens is 2. The Morgan fingerprint density at radius 2 is 1.70 bits per heavy atom. The maximum atomic E-state index is 12.5. The van der Waals surface area contributed by atoms with Gasteiger partial charge in [0.2, 0.25) is 0 Å². The highest BCUT2D eigenvalue weighted by Gasteiger charge is 2.17. The smallest absolute Gasteiger partial charge is 0.345 e. The van der Waals surface area contributed by atoms with E-state index < -0.39 is 18.0 Å². The number of carbonyl (C=O) groups is 2. The maximum absolute atomic E-state index is 12.5. The van der Waals surface area contributed by atoms with Crippen molar-refractivity contribution in [2.45, 2.75) is 13.0 Å². The first-order valence-electron chi connectivity index (χ1n) is 11.2. The molecule has 188 valence electrons. The molecule has 0 saturated carbocycles. The second kappa shape index (κ2) is 11.8. The van der Waals surface area contributed by atoms with Gasteiger partial charge >= 0.3 is 5.97 Å². The van der Waals surface area contributed by atoms with Crippen molar-refractivity contribution in [3.05, 3.63) is 100 Å². The summed E-state index contributed by atoms with van der Waals surface area (Å²) in [5.74, 6) is 0.0213. The van der Waals surface area contributed by atoms with E-state index in [2.05, 4.69) is 10.5 Å². The van der Waals surface area contributed by atoms with Crippen molar-refractivity contribution in [3.63, 3.8) is 0 Å². The third kappa shape index (κ3) is 6.39. The first-order chi connectivity index (χ1) is 17.9. The van der Waals surface area contributed by atoms with E-state index in [-0.39, 0.29) is 16.3 Å². The molecule has 1 unspecified atom stereocenters. The van der Waals surface area contributed by atoms with Crippen LogP contribution in [0.2, 0.25) is 10.0 Å². The van der Waals surface area contributed by atoms with Gasteiger partial charge in [0, 0.05) is 10.4 Å². The molecule has 9 heteroatoms. The van der Waals surface area contributed by atoms with E-state index >= 15 is 0 Å². The van der Waals surface area contributed by atoms with Gasteiger partial charge in [0.05, 0.1) is 23.9 Å². The van der Waals surface area contributed by atoms with E-state index in [1.165, 1.54) is 25.5 Å². The molecule has 0 aliphatic rings. The van der Waals surface area contributed by atoms with Gasteiger partial charge in [-0.15, -0.1) is 0 Å². The van der Waals surface area contributed by atoms with Crippen molar-refractivity contribution in [1.82, 2.24) is 5.43 Å². The molecule has 1 atom stereocenters. The van der Waals surface area contributed by atoms with Gasteiger partial charge in [-0.2, -0.15) is 5.10 Å². The third-order valence-electron chi connectivity index (χ3n) is 5.35. The van der Waals surface area contributed by atoms with Crippen LogP contribution in [0, 0.1) is 0 Å². The molecule has 0 aromatic heterocycles. The topological polar surface area (TPSA) is 86.2 Å². The number of hydrazone groups is 1. The van der Waals surface area contributed by atoms with E-state index in [4.69, 9.17) is 37.4 Å². The van der Waals surface area contributed by atoms with Crippen molar-refractivity contribution >= 4 is 52.1 Å². The molecule has 1 amide bonds. The number of benzene rings is 4. The van der Waals surface area contributed by atoms with Gasteiger partial charge in [0.1, 0.15) is 5.75 Å². The van der Waals surface area contributed by atoms with Gasteiger partial charge in [-0.05, 0) is 60.3 Å². The Bertz CT molecular complexity index is 1480. The van der Waals surface area contributed by atoms with Crippen molar-refractivity contribution in [1.29, 1.82) is 0 Å². The number of nitrogens with zero attached hydrogens (tertiary/aromatic N) is 1. The molecular weight excluding hydrogens is 515 g/mol. The summed E-state index contributed by atoms with van der Waals surface area (Å²) in [4.78, 5) is 25.0. The fraction of sp³-hybridized carbons (Fsp3) is 0.107. The monoisotopic (exact) mass is 536 g/mol. The SMILES string of the molecule is COc1cc(C=NNC(=O)C(C)Oc2cccc3ccccc23)ccc1OC(=O)c1ccc(Cl)cc1Cl. The summed E-state index contributed by atoms with van der Waals surface area (Å²) in [6, 6.07) is 22.7. The maximum Gasteiger partial charge on any atom is 0.345 e. The second-order valence-electron chi connectivity index (χ2n) is 7.90. The molecule has 0 spiro atoms. The molecule has 0 aliphatic carbocycles. The van der Waals surface area contributed by atoms with Crippen LogP contribution in [0.3, 0.4) is 0 Å². The second-order valence-corrected chi connectivity index (χ2v) is 8.74. The van der Waals surface area contributed by atoms with E-state index in [1.807, 2.05) is 42.5 Å². The lowest BCUT2D eigenvalue weighted by Gasteiger charge is -2.14. The number of methoxy groups -OCH3 is 1. The van der Waals surface area contributed by atoms with Crippen LogP contribution in [0.5, 0.6) is 17.2 Å². The Balaban J connectivity index is 1.38. The number of fused-ring (bicyclic) bond motifs is 1. The number of carbonyl (C=O) groups excluding carboxylic acids is 2. The summed E-state index contributed by atoms with van der Waals surface area (Å²) in [7, 11) is 1.44. The Hall–Kier alpha value is -4.07. The summed E-state index contributed by atoms with van der Waals surface area (Å²) in [6.07, 6.45) is 0.658. The largest absolute Gasteiger partial charge is 0.493 e. The Kier molecular flexibility index (Phi) is 8.28. The molecule has 4 rings (SSSR count). The van der Waals surface area contributed by atoms with E-state index in [1.54, 1.807) is 31.2 Å². The zero-order valence-corrected chi connectivity index (χ0v) is 21.4. The Morgan fingerprint density at radius 1 is 0.919 bits per heavy atom. The lowest BCUT2D eigenvalue weighted by atomic mass is 10.1. The van der Waals surface area contributed by atoms with Crippen molar-refractivity contribution in [2.75, 3.05) is 7.11 Å². The molecule has 0 heterocycles. The lowest BCUT2D eigenvalue weighted by molar-refractivity contribution is -0.127. The van der Waals surface area contributed by atoms with Crippen LogP contribution in [0.4, 0.5) is 0 Å². The zero-order valence-electron chi connectivity index (χ0n) is 19.9. The highest BCUT2D eigenvalue weighted by atomic mass is 35.5. The minimum Gasteiger partial charge on any atom is -0.493 e. The van der Waals surface area contributed by atoms with Crippen LogP contribution >= 0.6 is 23.2 Å². The molecule has 4 aromatic carbocycles. The quantitative estimate of drug-likeness (QED) is 0.124. The normalized spacial score (nSPS) is 11.8. The number of nitrogens with one attached hydrogen (secondary N) is 1. The summed E-state index contributed by atoms with van der Waals surface area (Å²) >= 11 is 12.0. The fourth-order valence-electron chi connectivity index (χ4n) is 3.46. The van der Waals surface area contributed by atoms with Crippen molar-refractivity contribution in [3.8, 4) is 17.2 Å². The zero-order chi connectivity index (χ0) is 26.4. The van der Waals surface area contributed by atoms with E-state index in [9.17, 15) is 9.59 Å². The number of hydrogen-bond acceptors (Lipinski definition) is 6. The first-order valence-corrected chi connectivity index (χ1v) is 11.9. The Labute approximate surface area is 223 Å². The molecule has 37 heavy (non-hydrogen) atoms. The minimum absolute atomic E-state index is 0.168. The van der Waals surface area contributed by atoms with Crippen LogP contribution in [0.1, 0.15) is 22.8 Å².